The third-order valence-corrected chi connectivity index (χ3v) is 3.27. The molecule has 18 heavy (non-hydrogen) atoms. The minimum absolute atomic E-state index is 0.0228. The average molecular weight is 244 g/mol. The molecule has 1 heterocycles. The zero-order valence-corrected chi connectivity index (χ0v) is 10.9. The summed E-state index contributed by atoms with van der Waals surface area (Å²) in [5, 5.41) is 9.05. The molecule has 1 aromatic heterocycles. The van der Waals surface area contributed by atoms with Gasteiger partial charge in [-0.25, -0.2) is 0 Å². The first kappa shape index (κ1) is 12.9. The molecule has 2 aromatic rings. The zero-order valence-electron chi connectivity index (χ0n) is 10.9. The number of rotatable bonds is 4. The van der Waals surface area contributed by atoms with Crippen LogP contribution in [0.25, 0.3) is 5.69 Å². The highest BCUT2D eigenvalue weighted by molar-refractivity contribution is 5.41. The number of hydrogen-bond donors (Lipinski definition) is 2. The quantitative estimate of drug-likeness (QED) is 0.863. The lowest BCUT2D eigenvalue weighted by atomic mass is 10.1. The first-order valence-corrected chi connectivity index (χ1v) is 6.23. The Morgan fingerprint density at radius 2 is 1.89 bits per heavy atom. The fourth-order valence-corrected chi connectivity index (χ4v) is 2.36. The number of aryl methyl sites for hydroxylation is 1. The normalized spacial score (nSPS) is 12.7. The molecule has 3 heteroatoms. The molecule has 0 bridgehead atoms. The molecule has 96 valence electrons. The Labute approximate surface area is 108 Å². The Bertz CT molecular complexity index is 517. The number of aliphatic hydroxyl groups excluding tert-OH is 1. The smallest absolute Gasteiger partial charge is 0.0585 e. The van der Waals surface area contributed by atoms with Crippen LogP contribution in [0.15, 0.2) is 36.4 Å². The zero-order chi connectivity index (χ0) is 13.1. The summed E-state index contributed by atoms with van der Waals surface area (Å²) < 4.78 is 2.22. The monoisotopic (exact) mass is 244 g/mol. The van der Waals surface area contributed by atoms with Gasteiger partial charge in [-0.1, -0.05) is 18.2 Å². The number of nitrogens with two attached hydrogens (primary N) is 1. The van der Waals surface area contributed by atoms with Gasteiger partial charge in [0.15, 0.2) is 0 Å². The summed E-state index contributed by atoms with van der Waals surface area (Å²) in [4.78, 5) is 0. The van der Waals surface area contributed by atoms with Crippen LogP contribution >= 0.6 is 0 Å². The summed E-state index contributed by atoms with van der Waals surface area (Å²) in [6.45, 7) is 4.21. The Kier molecular flexibility index (Phi) is 3.84. The van der Waals surface area contributed by atoms with E-state index in [-0.39, 0.29) is 12.6 Å². The van der Waals surface area contributed by atoms with Crippen LogP contribution in [-0.4, -0.2) is 22.3 Å². The highest BCUT2D eigenvalue weighted by Gasteiger charge is 2.12. The number of hydrogen-bond acceptors (Lipinski definition) is 2. The largest absolute Gasteiger partial charge is 0.395 e. The van der Waals surface area contributed by atoms with Gasteiger partial charge in [0, 0.05) is 23.1 Å². The Hall–Kier alpha value is -1.58. The number of nitrogens with zero attached hydrogens (tertiary/aromatic N) is 1. The van der Waals surface area contributed by atoms with E-state index in [4.69, 9.17) is 10.8 Å². The average Bonchev–Trinajstić information content (AvgIpc) is 2.65. The summed E-state index contributed by atoms with van der Waals surface area (Å²) in [6, 6.07) is 12.2. The molecule has 0 aliphatic rings. The minimum atomic E-state index is -0.185. The van der Waals surface area contributed by atoms with Crippen molar-refractivity contribution < 1.29 is 5.11 Å². The molecule has 0 saturated heterocycles. The fraction of sp³-hybridized carbons (Fsp3) is 0.333. The van der Waals surface area contributed by atoms with E-state index >= 15 is 0 Å². The van der Waals surface area contributed by atoms with Crippen LogP contribution in [0.4, 0.5) is 0 Å². The molecule has 2 rings (SSSR count). The van der Waals surface area contributed by atoms with Crippen molar-refractivity contribution in [1.82, 2.24) is 4.57 Å². The molecule has 0 saturated carbocycles. The highest BCUT2D eigenvalue weighted by Crippen LogP contribution is 2.21. The van der Waals surface area contributed by atoms with Gasteiger partial charge in [-0.2, -0.15) is 0 Å². The van der Waals surface area contributed by atoms with Crippen molar-refractivity contribution in [2.75, 3.05) is 6.61 Å². The Balaban J connectivity index is 2.38. The number of benzene rings is 1. The molecule has 1 atom stereocenters. The van der Waals surface area contributed by atoms with Crippen molar-refractivity contribution >= 4 is 0 Å². The first-order valence-electron chi connectivity index (χ1n) is 6.23. The van der Waals surface area contributed by atoms with Gasteiger partial charge in [0.1, 0.15) is 0 Å². The van der Waals surface area contributed by atoms with Crippen molar-refractivity contribution in [2.24, 2.45) is 5.73 Å². The molecule has 0 aliphatic carbocycles. The molecule has 0 amide bonds. The van der Waals surface area contributed by atoms with Crippen LogP contribution in [-0.2, 0) is 6.42 Å². The van der Waals surface area contributed by atoms with E-state index in [1.165, 1.54) is 17.0 Å². The van der Waals surface area contributed by atoms with E-state index in [1.54, 1.807) is 0 Å². The van der Waals surface area contributed by atoms with Gasteiger partial charge < -0.3 is 15.4 Å². The number of para-hydroxylation sites is 1. The van der Waals surface area contributed by atoms with E-state index in [0.717, 1.165) is 5.69 Å². The van der Waals surface area contributed by atoms with Crippen LogP contribution < -0.4 is 5.73 Å². The fourth-order valence-electron chi connectivity index (χ4n) is 2.36. The van der Waals surface area contributed by atoms with Crippen LogP contribution in [0, 0.1) is 13.8 Å². The molecular formula is C15H20N2O. The van der Waals surface area contributed by atoms with Crippen molar-refractivity contribution in [1.29, 1.82) is 0 Å². The summed E-state index contributed by atoms with van der Waals surface area (Å²) in [7, 11) is 0. The maximum Gasteiger partial charge on any atom is 0.0585 e. The predicted octanol–water partition coefficient (Wildman–Crippen LogP) is 1.96. The lowest BCUT2D eigenvalue weighted by Gasteiger charge is -2.11. The third kappa shape index (κ3) is 2.47. The van der Waals surface area contributed by atoms with Crippen molar-refractivity contribution in [3.05, 3.63) is 53.3 Å². The van der Waals surface area contributed by atoms with Gasteiger partial charge in [0.05, 0.1) is 6.61 Å². The minimum Gasteiger partial charge on any atom is -0.395 e. The first-order chi connectivity index (χ1) is 8.63. The summed E-state index contributed by atoms with van der Waals surface area (Å²) in [5.74, 6) is 0. The predicted molar refractivity (Wildman–Crippen MR) is 74.0 cm³/mol. The van der Waals surface area contributed by atoms with Crippen molar-refractivity contribution in [3.8, 4) is 5.69 Å². The van der Waals surface area contributed by atoms with Gasteiger partial charge in [0.2, 0.25) is 0 Å². The SMILES string of the molecule is Cc1cc(CC(N)CO)c(C)n1-c1ccccc1. The van der Waals surface area contributed by atoms with Crippen molar-refractivity contribution in [3.63, 3.8) is 0 Å². The topological polar surface area (TPSA) is 51.2 Å². The molecule has 0 aliphatic heterocycles. The second-order valence-corrected chi connectivity index (χ2v) is 4.71. The van der Waals surface area contributed by atoms with Gasteiger partial charge in [0.25, 0.3) is 0 Å². The highest BCUT2D eigenvalue weighted by atomic mass is 16.3. The summed E-state index contributed by atoms with van der Waals surface area (Å²) in [6.07, 6.45) is 0.711. The van der Waals surface area contributed by atoms with E-state index < -0.39 is 0 Å². The molecular weight excluding hydrogens is 224 g/mol. The maximum atomic E-state index is 9.05. The molecule has 3 nitrogen and oxygen atoms in total. The molecule has 3 N–H and O–H groups in total. The Morgan fingerprint density at radius 1 is 1.22 bits per heavy atom. The molecule has 0 spiro atoms. The third-order valence-electron chi connectivity index (χ3n) is 3.27. The molecule has 1 unspecified atom stereocenters. The molecule has 0 fully saturated rings. The summed E-state index contributed by atoms with van der Waals surface area (Å²) in [5.41, 5.74) is 10.6. The summed E-state index contributed by atoms with van der Waals surface area (Å²) >= 11 is 0. The van der Waals surface area contributed by atoms with E-state index in [9.17, 15) is 0 Å². The van der Waals surface area contributed by atoms with E-state index in [2.05, 4.69) is 36.6 Å². The lowest BCUT2D eigenvalue weighted by molar-refractivity contribution is 0.265. The second kappa shape index (κ2) is 5.38. The van der Waals surface area contributed by atoms with E-state index in [1.807, 2.05) is 18.2 Å². The van der Waals surface area contributed by atoms with Gasteiger partial charge in [-0.05, 0) is 44.0 Å². The molecule has 0 radical (unpaired) electrons. The lowest BCUT2D eigenvalue weighted by Crippen LogP contribution is -2.27. The van der Waals surface area contributed by atoms with Gasteiger partial charge >= 0.3 is 0 Å². The standard InChI is InChI=1S/C15H20N2O/c1-11-8-13(9-14(16)10-18)12(2)17(11)15-6-4-3-5-7-15/h3-8,14,18H,9-10,16H2,1-2H3. The Morgan fingerprint density at radius 3 is 2.50 bits per heavy atom. The van der Waals surface area contributed by atoms with Gasteiger partial charge in [-0.15, -0.1) is 0 Å². The van der Waals surface area contributed by atoms with Crippen molar-refractivity contribution in [2.45, 2.75) is 26.3 Å². The van der Waals surface area contributed by atoms with Crippen LogP contribution in [0.5, 0.6) is 0 Å². The number of aliphatic hydroxyl groups is 1. The van der Waals surface area contributed by atoms with Crippen LogP contribution in [0.1, 0.15) is 17.0 Å². The number of aromatic nitrogens is 1. The maximum absolute atomic E-state index is 9.05. The van der Waals surface area contributed by atoms with Crippen LogP contribution in [0.3, 0.4) is 0 Å². The second-order valence-electron chi connectivity index (χ2n) is 4.71. The molecule has 1 aromatic carbocycles. The van der Waals surface area contributed by atoms with E-state index in [0.29, 0.717) is 6.42 Å². The van der Waals surface area contributed by atoms with Gasteiger partial charge in [-0.3, -0.25) is 0 Å². The van der Waals surface area contributed by atoms with Crippen LogP contribution in [0.2, 0.25) is 0 Å².